The van der Waals surface area contributed by atoms with Crippen molar-refractivity contribution in [3.8, 4) is 0 Å². The summed E-state index contributed by atoms with van der Waals surface area (Å²) in [6.07, 6.45) is 2.84. The molecule has 2 aromatic carbocycles. The quantitative estimate of drug-likeness (QED) is 0.356. The maximum absolute atomic E-state index is 12.3. The molecule has 0 aromatic heterocycles. The van der Waals surface area contributed by atoms with Gasteiger partial charge in [0.1, 0.15) is 0 Å². The van der Waals surface area contributed by atoms with Crippen LogP contribution in [0.25, 0.3) is 0 Å². The third-order valence-corrected chi connectivity index (χ3v) is 5.36. The Morgan fingerprint density at radius 1 is 0.941 bits per heavy atom. The van der Waals surface area contributed by atoms with Crippen LogP contribution in [0.15, 0.2) is 48.5 Å². The van der Waals surface area contributed by atoms with Crippen molar-refractivity contribution in [3.63, 3.8) is 0 Å². The third-order valence-electron chi connectivity index (χ3n) is 5.36. The first-order valence-corrected chi connectivity index (χ1v) is 11.5. The molecule has 3 rings (SSSR count). The highest BCUT2D eigenvalue weighted by atomic mass is 16.5. The number of carbonyl (C=O) groups excluding carboxylic acids is 3. The van der Waals surface area contributed by atoms with Gasteiger partial charge in [0.05, 0.1) is 12.6 Å². The second kappa shape index (κ2) is 13.3. The number of nitrogens with one attached hydrogen (secondary N) is 4. The molecule has 0 bridgehead atoms. The maximum Gasteiger partial charge on any atom is 0.251 e. The Morgan fingerprint density at radius 2 is 1.59 bits per heavy atom. The van der Waals surface area contributed by atoms with Crippen LogP contribution in [0.3, 0.4) is 0 Å². The summed E-state index contributed by atoms with van der Waals surface area (Å²) < 4.78 is 10.5. The highest BCUT2D eigenvalue weighted by Crippen LogP contribution is 2.13. The average molecular weight is 469 g/mol. The van der Waals surface area contributed by atoms with E-state index in [1.807, 2.05) is 0 Å². The largest absolute Gasteiger partial charge is 0.385 e. The normalized spacial score (nSPS) is 14.9. The number of carbonyl (C=O) groups is 3. The fourth-order valence-electron chi connectivity index (χ4n) is 3.47. The molecule has 1 aliphatic heterocycles. The molecule has 9 heteroatoms. The third kappa shape index (κ3) is 8.17. The molecule has 1 aliphatic rings. The summed E-state index contributed by atoms with van der Waals surface area (Å²) in [6, 6.07) is 13.6. The minimum Gasteiger partial charge on any atom is -0.385 e. The van der Waals surface area contributed by atoms with Gasteiger partial charge in [-0.3, -0.25) is 14.4 Å². The molecule has 1 unspecified atom stereocenters. The lowest BCUT2D eigenvalue weighted by atomic mass is 10.2. The monoisotopic (exact) mass is 468 g/mol. The van der Waals surface area contributed by atoms with Crippen molar-refractivity contribution in [2.75, 3.05) is 50.6 Å². The zero-order valence-corrected chi connectivity index (χ0v) is 19.4. The molecule has 0 spiro atoms. The molecule has 34 heavy (non-hydrogen) atoms. The summed E-state index contributed by atoms with van der Waals surface area (Å²) in [5, 5.41) is 11.5. The lowest BCUT2D eigenvalue weighted by molar-refractivity contribution is -0.114. The lowest BCUT2D eigenvalue weighted by Crippen LogP contribution is -2.31. The van der Waals surface area contributed by atoms with Gasteiger partial charge >= 0.3 is 0 Å². The Labute approximate surface area is 199 Å². The molecular formula is C25H32N4O5. The summed E-state index contributed by atoms with van der Waals surface area (Å²) in [6.45, 7) is 2.46. The van der Waals surface area contributed by atoms with E-state index >= 15 is 0 Å². The Hall–Kier alpha value is -3.43. The molecule has 4 N–H and O–H groups in total. The predicted octanol–water partition coefficient (Wildman–Crippen LogP) is 2.41. The standard InChI is InChI=1S/C25H32N4O5/c1-33-14-3-13-26-24(31)18-5-9-20(10-6-18)27-17-23(30)29-21-11-7-19(8-12-21)25(32)28-16-22-4-2-15-34-22/h5-12,22,27H,2-4,13-17H2,1H3,(H,26,31)(H,28,32)(H,29,30). The number of amides is 3. The number of hydrogen-bond donors (Lipinski definition) is 4. The number of ether oxygens (including phenoxy) is 2. The van der Waals surface area contributed by atoms with Crippen molar-refractivity contribution < 1.29 is 23.9 Å². The number of rotatable bonds is 12. The van der Waals surface area contributed by atoms with Crippen molar-refractivity contribution in [2.45, 2.75) is 25.4 Å². The van der Waals surface area contributed by atoms with Crippen LogP contribution in [0.5, 0.6) is 0 Å². The Bertz CT molecular complexity index is 941. The van der Waals surface area contributed by atoms with E-state index in [1.54, 1.807) is 55.6 Å². The van der Waals surface area contributed by atoms with E-state index in [2.05, 4.69) is 21.3 Å². The maximum atomic E-state index is 12.3. The van der Waals surface area contributed by atoms with Crippen molar-refractivity contribution in [1.82, 2.24) is 10.6 Å². The highest BCUT2D eigenvalue weighted by Gasteiger charge is 2.16. The summed E-state index contributed by atoms with van der Waals surface area (Å²) in [5.74, 6) is -0.540. The minimum atomic E-state index is -0.226. The van der Waals surface area contributed by atoms with Crippen molar-refractivity contribution in [2.24, 2.45) is 0 Å². The molecule has 2 aromatic rings. The molecule has 1 heterocycles. The summed E-state index contributed by atoms with van der Waals surface area (Å²) in [7, 11) is 1.62. The second-order valence-electron chi connectivity index (χ2n) is 8.00. The van der Waals surface area contributed by atoms with E-state index in [-0.39, 0.29) is 30.4 Å². The molecular weight excluding hydrogens is 436 g/mol. The predicted molar refractivity (Wildman–Crippen MR) is 130 cm³/mol. The molecule has 3 amide bonds. The smallest absolute Gasteiger partial charge is 0.251 e. The topological polar surface area (TPSA) is 118 Å². The lowest BCUT2D eigenvalue weighted by Gasteiger charge is -2.11. The van der Waals surface area contributed by atoms with Gasteiger partial charge in [-0.1, -0.05) is 0 Å². The fourth-order valence-corrected chi connectivity index (χ4v) is 3.47. The van der Waals surface area contributed by atoms with Crippen LogP contribution in [-0.4, -0.2) is 63.8 Å². The van der Waals surface area contributed by atoms with Crippen molar-refractivity contribution in [3.05, 3.63) is 59.7 Å². The zero-order chi connectivity index (χ0) is 24.2. The first-order valence-electron chi connectivity index (χ1n) is 11.5. The van der Waals surface area contributed by atoms with E-state index in [1.165, 1.54) is 0 Å². The summed E-state index contributed by atoms with van der Waals surface area (Å²) in [5.41, 5.74) is 2.40. The van der Waals surface area contributed by atoms with E-state index in [4.69, 9.17) is 9.47 Å². The number of methoxy groups -OCH3 is 1. The van der Waals surface area contributed by atoms with Crippen molar-refractivity contribution >= 4 is 29.1 Å². The number of hydrogen-bond acceptors (Lipinski definition) is 6. The highest BCUT2D eigenvalue weighted by molar-refractivity contribution is 5.97. The van der Waals surface area contributed by atoms with Crippen LogP contribution in [0.1, 0.15) is 40.0 Å². The Morgan fingerprint density at radius 3 is 2.21 bits per heavy atom. The van der Waals surface area contributed by atoms with Gasteiger partial charge in [-0.25, -0.2) is 0 Å². The van der Waals surface area contributed by atoms with Crippen LogP contribution in [0, 0.1) is 0 Å². The van der Waals surface area contributed by atoms with Crippen LogP contribution in [0.2, 0.25) is 0 Å². The van der Waals surface area contributed by atoms with Gasteiger partial charge < -0.3 is 30.7 Å². The van der Waals surface area contributed by atoms with Gasteiger partial charge in [-0.05, 0) is 67.8 Å². The molecule has 0 aliphatic carbocycles. The summed E-state index contributed by atoms with van der Waals surface area (Å²) >= 11 is 0. The number of anilines is 2. The molecule has 1 saturated heterocycles. The molecule has 1 fully saturated rings. The van der Waals surface area contributed by atoms with Crippen LogP contribution >= 0.6 is 0 Å². The van der Waals surface area contributed by atoms with Gasteiger partial charge in [-0.15, -0.1) is 0 Å². The number of benzene rings is 2. The van der Waals surface area contributed by atoms with Crippen LogP contribution < -0.4 is 21.3 Å². The Balaban J connectivity index is 1.38. The van der Waals surface area contributed by atoms with Gasteiger partial charge in [-0.2, -0.15) is 0 Å². The SMILES string of the molecule is COCCCNC(=O)c1ccc(NCC(=O)Nc2ccc(C(=O)NCC3CCCO3)cc2)cc1. The molecule has 9 nitrogen and oxygen atoms in total. The molecule has 1 atom stereocenters. The van der Waals surface area contributed by atoms with Gasteiger partial charge in [0, 0.05) is 55.9 Å². The zero-order valence-electron chi connectivity index (χ0n) is 19.4. The molecule has 0 saturated carbocycles. The second-order valence-corrected chi connectivity index (χ2v) is 8.00. The van der Waals surface area contributed by atoms with E-state index in [9.17, 15) is 14.4 Å². The Kier molecular flexibility index (Phi) is 9.87. The van der Waals surface area contributed by atoms with Crippen LogP contribution in [0.4, 0.5) is 11.4 Å². The van der Waals surface area contributed by atoms with E-state index in [0.29, 0.717) is 36.5 Å². The van der Waals surface area contributed by atoms with Gasteiger partial charge in [0.15, 0.2) is 0 Å². The molecule has 182 valence electrons. The van der Waals surface area contributed by atoms with Crippen molar-refractivity contribution in [1.29, 1.82) is 0 Å². The summed E-state index contributed by atoms with van der Waals surface area (Å²) in [4.78, 5) is 36.6. The van der Waals surface area contributed by atoms with Crippen LogP contribution in [-0.2, 0) is 14.3 Å². The minimum absolute atomic E-state index is 0.0617. The van der Waals surface area contributed by atoms with Gasteiger partial charge in [0.2, 0.25) is 5.91 Å². The average Bonchev–Trinajstić information content (AvgIpc) is 3.38. The first-order chi connectivity index (χ1) is 16.5. The fraction of sp³-hybridized carbons (Fsp3) is 0.400. The molecule has 0 radical (unpaired) electrons. The van der Waals surface area contributed by atoms with E-state index in [0.717, 1.165) is 31.6 Å². The van der Waals surface area contributed by atoms with Gasteiger partial charge in [0.25, 0.3) is 11.8 Å². The first kappa shape index (κ1) is 25.2. The van der Waals surface area contributed by atoms with E-state index < -0.39 is 0 Å².